The molecule has 2 amide bonds. The zero-order chi connectivity index (χ0) is 22.9. The van der Waals surface area contributed by atoms with Crippen LogP contribution in [0, 0.1) is 6.92 Å². The lowest BCUT2D eigenvalue weighted by molar-refractivity contribution is 0.193. The number of aromatic amines is 1. The van der Waals surface area contributed by atoms with E-state index in [2.05, 4.69) is 28.5 Å². The number of aryl methyl sites for hydroxylation is 1. The van der Waals surface area contributed by atoms with Gasteiger partial charge in [0.05, 0.1) is 25.9 Å². The highest BCUT2D eigenvalue weighted by atomic mass is 16.5. The van der Waals surface area contributed by atoms with Crippen LogP contribution in [0.25, 0.3) is 10.9 Å². The average molecular weight is 442 g/mol. The summed E-state index contributed by atoms with van der Waals surface area (Å²) >= 11 is 0. The number of carbonyl (C=O) groups excluding carboxylic acids is 1. The highest BCUT2D eigenvalue weighted by molar-refractivity contribution is 5.93. The number of hydrogen-bond acceptors (Lipinski definition) is 3. The summed E-state index contributed by atoms with van der Waals surface area (Å²) in [5.74, 6) is 1.42. The first-order valence-corrected chi connectivity index (χ1v) is 11.0. The maximum atomic E-state index is 13.6. The third-order valence-electron chi connectivity index (χ3n) is 6.32. The molecule has 2 heterocycles. The number of para-hydroxylation sites is 1. The van der Waals surface area contributed by atoms with Crippen LogP contribution >= 0.6 is 0 Å². The molecule has 5 rings (SSSR count). The standard InChI is InChI=1S/C27H27N3O3/c1-17-8-13-24(33-3)23(16-17)29-27(31)30-15-14-21-20-6-4-5-7-22(20)28-25(21)26(30)18-9-11-19(32-2)12-10-18/h4-13,16,26,28H,14-15H2,1-3H3,(H,29,31). The van der Waals surface area contributed by atoms with Crippen LogP contribution in [-0.4, -0.2) is 36.7 Å². The summed E-state index contributed by atoms with van der Waals surface area (Å²) in [7, 11) is 3.26. The van der Waals surface area contributed by atoms with E-state index in [4.69, 9.17) is 9.47 Å². The number of anilines is 1. The molecule has 0 saturated carbocycles. The molecule has 0 fully saturated rings. The van der Waals surface area contributed by atoms with Crippen molar-refractivity contribution in [1.29, 1.82) is 0 Å². The lowest BCUT2D eigenvalue weighted by atomic mass is 9.92. The van der Waals surface area contributed by atoms with Gasteiger partial charge in [0.2, 0.25) is 0 Å². The fourth-order valence-electron chi connectivity index (χ4n) is 4.70. The lowest BCUT2D eigenvalue weighted by Crippen LogP contribution is -2.43. The van der Waals surface area contributed by atoms with Crippen molar-refractivity contribution in [2.24, 2.45) is 0 Å². The van der Waals surface area contributed by atoms with Gasteiger partial charge in [0.15, 0.2) is 0 Å². The molecular weight excluding hydrogens is 414 g/mol. The second-order valence-electron chi connectivity index (χ2n) is 8.32. The van der Waals surface area contributed by atoms with Crippen LogP contribution in [0.15, 0.2) is 66.7 Å². The highest BCUT2D eigenvalue weighted by Crippen LogP contribution is 2.39. The van der Waals surface area contributed by atoms with Crippen molar-refractivity contribution >= 4 is 22.6 Å². The Bertz CT molecular complexity index is 1310. The number of fused-ring (bicyclic) bond motifs is 3. The Morgan fingerprint density at radius 2 is 1.82 bits per heavy atom. The lowest BCUT2D eigenvalue weighted by Gasteiger charge is -2.36. The molecule has 1 aliphatic heterocycles. The maximum absolute atomic E-state index is 13.6. The molecular formula is C27H27N3O3. The van der Waals surface area contributed by atoms with Gasteiger partial charge in [0.1, 0.15) is 11.5 Å². The number of hydrogen-bond donors (Lipinski definition) is 2. The number of nitrogens with one attached hydrogen (secondary N) is 2. The zero-order valence-electron chi connectivity index (χ0n) is 19.0. The number of rotatable bonds is 4. The van der Waals surface area contributed by atoms with E-state index in [-0.39, 0.29) is 12.1 Å². The number of aromatic nitrogens is 1. The molecule has 168 valence electrons. The summed E-state index contributed by atoms with van der Waals surface area (Å²) in [4.78, 5) is 19.1. The number of benzene rings is 3. The molecule has 1 unspecified atom stereocenters. The quantitative estimate of drug-likeness (QED) is 0.429. The van der Waals surface area contributed by atoms with Gasteiger partial charge in [0, 0.05) is 23.1 Å². The molecule has 0 radical (unpaired) electrons. The molecule has 0 saturated heterocycles. The summed E-state index contributed by atoms with van der Waals surface area (Å²) < 4.78 is 10.8. The molecule has 1 atom stereocenters. The first kappa shape index (κ1) is 20.9. The number of ether oxygens (including phenoxy) is 2. The van der Waals surface area contributed by atoms with E-state index in [1.807, 2.05) is 60.4 Å². The Morgan fingerprint density at radius 3 is 2.58 bits per heavy atom. The zero-order valence-corrected chi connectivity index (χ0v) is 19.0. The monoisotopic (exact) mass is 441 g/mol. The maximum Gasteiger partial charge on any atom is 0.322 e. The summed E-state index contributed by atoms with van der Waals surface area (Å²) in [6, 6.07) is 21.6. The number of carbonyl (C=O) groups is 1. The predicted molar refractivity (Wildman–Crippen MR) is 130 cm³/mol. The van der Waals surface area contributed by atoms with Crippen LogP contribution in [0.5, 0.6) is 11.5 Å². The Morgan fingerprint density at radius 1 is 1.03 bits per heavy atom. The van der Waals surface area contributed by atoms with Crippen molar-refractivity contribution < 1.29 is 14.3 Å². The van der Waals surface area contributed by atoms with E-state index in [0.29, 0.717) is 18.0 Å². The summed E-state index contributed by atoms with van der Waals surface area (Å²) in [5.41, 5.74) is 6.15. The largest absolute Gasteiger partial charge is 0.497 e. The van der Waals surface area contributed by atoms with Crippen LogP contribution in [0.2, 0.25) is 0 Å². The molecule has 1 aliphatic rings. The van der Waals surface area contributed by atoms with Gasteiger partial charge >= 0.3 is 6.03 Å². The van der Waals surface area contributed by atoms with Gasteiger partial charge in [-0.2, -0.15) is 0 Å². The number of nitrogens with zero attached hydrogens (tertiary/aromatic N) is 1. The molecule has 6 heteroatoms. The normalized spacial score (nSPS) is 15.2. The first-order valence-electron chi connectivity index (χ1n) is 11.0. The van der Waals surface area contributed by atoms with Crippen molar-refractivity contribution in [3.63, 3.8) is 0 Å². The van der Waals surface area contributed by atoms with E-state index >= 15 is 0 Å². The fraction of sp³-hybridized carbons (Fsp3) is 0.222. The van der Waals surface area contributed by atoms with Crippen molar-refractivity contribution in [2.75, 3.05) is 26.1 Å². The van der Waals surface area contributed by atoms with Gasteiger partial charge in [-0.1, -0.05) is 36.4 Å². The van der Waals surface area contributed by atoms with Crippen molar-refractivity contribution in [2.45, 2.75) is 19.4 Å². The van der Waals surface area contributed by atoms with E-state index < -0.39 is 0 Å². The highest BCUT2D eigenvalue weighted by Gasteiger charge is 2.34. The number of methoxy groups -OCH3 is 2. The second kappa shape index (κ2) is 8.54. The fourth-order valence-corrected chi connectivity index (χ4v) is 4.70. The Balaban J connectivity index is 1.57. The Labute approximate surface area is 193 Å². The van der Waals surface area contributed by atoms with Crippen molar-refractivity contribution in [1.82, 2.24) is 9.88 Å². The average Bonchev–Trinajstić information content (AvgIpc) is 3.22. The summed E-state index contributed by atoms with van der Waals surface area (Å²) in [6.45, 7) is 2.60. The van der Waals surface area contributed by atoms with Gasteiger partial charge in [0.25, 0.3) is 0 Å². The van der Waals surface area contributed by atoms with E-state index in [1.54, 1.807) is 14.2 Å². The molecule has 2 N–H and O–H groups in total. The third kappa shape index (κ3) is 3.78. The summed E-state index contributed by atoms with van der Waals surface area (Å²) in [6.07, 6.45) is 0.782. The van der Waals surface area contributed by atoms with Gasteiger partial charge in [-0.05, 0) is 60.4 Å². The number of H-pyrrole nitrogens is 1. The molecule has 3 aromatic carbocycles. The van der Waals surface area contributed by atoms with Gasteiger partial charge < -0.3 is 24.7 Å². The Hall–Kier alpha value is -3.93. The molecule has 1 aromatic heterocycles. The van der Waals surface area contributed by atoms with Gasteiger partial charge in [-0.15, -0.1) is 0 Å². The molecule has 33 heavy (non-hydrogen) atoms. The number of amides is 2. The minimum atomic E-state index is -0.247. The number of urea groups is 1. The molecule has 0 spiro atoms. The van der Waals surface area contributed by atoms with E-state index in [0.717, 1.165) is 34.5 Å². The summed E-state index contributed by atoms with van der Waals surface area (Å²) in [5, 5.41) is 4.30. The van der Waals surface area contributed by atoms with E-state index in [9.17, 15) is 4.79 Å². The second-order valence-corrected chi connectivity index (χ2v) is 8.32. The topological polar surface area (TPSA) is 66.6 Å². The first-order chi connectivity index (χ1) is 16.1. The predicted octanol–water partition coefficient (Wildman–Crippen LogP) is 5.67. The van der Waals surface area contributed by atoms with E-state index in [1.165, 1.54) is 10.9 Å². The van der Waals surface area contributed by atoms with Crippen LogP contribution in [0.1, 0.15) is 28.4 Å². The molecule has 0 aliphatic carbocycles. The van der Waals surface area contributed by atoms with Crippen molar-refractivity contribution in [3.05, 3.63) is 89.1 Å². The van der Waals surface area contributed by atoms with Crippen LogP contribution in [-0.2, 0) is 6.42 Å². The smallest absolute Gasteiger partial charge is 0.322 e. The third-order valence-corrected chi connectivity index (χ3v) is 6.32. The van der Waals surface area contributed by atoms with Crippen LogP contribution < -0.4 is 14.8 Å². The molecule has 4 aromatic rings. The SMILES string of the molecule is COc1ccc(C2c3[nH]c4ccccc4c3CCN2C(=O)Nc2cc(C)ccc2OC)cc1. The Kier molecular flexibility index (Phi) is 5.42. The van der Waals surface area contributed by atoms with Gasteiger partial charge in [-0.3, -0.25) is 0 Å². The minimum absolute atomic E-state index is 0.163. The molecule has 6 nitrogen and oxygen atoms in total. The van der Waals surface area contributed by atoms with Crippen molar-refractivity contribution in [3.8, 4) is 11.5 Å². The van der Waals surface area contributed by atoms with Gasteiger partial charge in [-0.25, -0.2) is 4.79 Å². The minimum Gasteiger partial charge on any atom is -0.497 e. The van der Waals surface area contributed by atoms with Crippen LogP contribution in [0.3, 0.4) is 0 Å². The van der Waals surface area contributed by atoms with Crippen LogP contribution in [0.4, 0.5) is 10.5 Å². The molecule has 0 bridgehead atoms.